The molecule has 5 nitrogen and oxygen atoms in total. The van der Waals surface area contributed by atoms with Gasteiger partial charge >= 0.3 is 0 Å². The number of aldehydes is 1. The summed E-state index contributed by atoms with van der Waals surface area (Å²) in [6, 6.07) is 6.84. The highest BCUT2D eigenvalue weighted by atomic mass is 16.5. The van der Waals surface area contributed by atoms with Gasteiger partial charge in [0, 0.05) is 25.2 Å². The summed E-state index contributed by atoms with van der Waals surface area (Å²) in [5, 5.41) is 9.90. The number of carbonyl (C=O) groups excluding carboxylic acids is 1. The molecule has 1 aliphatic heterocycles. The van der Waals surface area contributed by atoms with Crippen molar-refractivity contribution in [1.29, 1.82) is 0 Å². The molecule has 0 radical (unpaired) electrons. The Bertz CT molecular complexity index is 387. The van der Waals surface area contributed by atoms with Crippen LogP contribution in [-0.2, 0) is 4.74 Å². The van der Waals surface area contributed by atoms with Crippen LogP contribution in [0.2, 0.25) is 0 Å². The predicted molar refractivity (Wildman–Crippen MR) is 70.6 cm³/mol. The lowest BCUT2D eigenvalue weighted by Crippen LogP contribution is -2.42. The van der Waals surface area contributed by atoms with E-state index < -0.39 is 6.10 Å². The van der Waals surface area contributed by atoms with Gasteiger partial charge in [0.25, 0.3) is 0 Å². The van der Waals surface area contributed by atoms with Crippen LogP contribution in [0.15, 0.2) is 24.3 Å². The maximum absolute atomic E-state index is 10.5. The molecule has 0 aromatic heterocycles. The Morgan fingerprint density at radius 3 is 2.63 bits per heavy atom. The molecule has 1 aromatic rings. The Labute approximate surface area is 112 Å². The lowest BCUT2D eigenvalue weighted by molar-refractivity contribution is 0.00465. The summed E-state index contributed by atoms with van der Waals surface area (Å²) >= 11 is 0. The minimum atomic E-state index is -0.524. The maximum Gasteiger partial charge on any atom is 0.150 e. The Balaban J connectivity index is 1.72. The van der Waals surface area contributed by atoms with Crippen LogP contribution in [0.25, 0.3) is 0 Å². The van der Waals surface area contributed by atoms with Crippen molar-refractivity contribution in [3.8, 4) is 5.75 Å². The summed E-state index contributed by atoms with van der Waals surface area (Å²) in [7, 11) is 0. The predicted octanol–water partition coefficient (Wildman–Crippen LogP) is 0.571. The van der Waals surface area contributed by atoms with E-state index in [0.717, 1.165) is 32.6 Å². The van der Waals surface area contributed by atoms with Gasteiger partial charge in [-0.2, -0.15) is 0 Å². The zero-order valence-corrected chi connectivity index (χ0v) is 10.8. The smallest absolute Gasteiger partial charge is 0.150 e. The molecule has 1 fully saturated rings. The first-order valence-corrected chi connectivity index (χ1v) is 6.44. The van der Waals surface area contributed by atoms with Gasteiger partial charge in [-0.05, 0) is 24.3 Å². The molecule has 1 atom stereocenters. The molecule has 104 valence electrons. The van der Waals surface area contributed by atoms with Crippen LogP contribution in [0.3, 0.4) is 0 Å². The number of aliphatic hydroxyl groups excluding tert-OH is 1. The van der Waals surface area contributed by atoms with E-state index in [9.17, 15) is 9.90 Å². The maximum atomic E-state index is 10.5. The van der Waals surface area contributed by atoms with E-state index in [4.69, 9.17) is 9.47 Å². The van der Waals surface area contributed by atoms with E-state index in [1.54, 1.807) is 24.3 Å². The molecule has 1 aliphatic rings. The minimum Gasteiger partial charge on any atom is -0.491 e. The van der Waals surface area contributed by atoms with Gasteiger partial charge in [0.2, 0.25) is 0 Å². The standard InChI is InChI=1S/C14H19NO4/c16-10-12-1-3-14(4-2-12)19-11-13(17)9-15-5-7-18-8-6-15/h1-4,10,13,17H,5-9,11H2. The van der Waals surface area contributed by atoms with Crippen molar-refractivity contribution in [3.05, 3.63) is 29.8 Å². The number of aliphatic hydroxyl groups is 1. The molecule has 1 aromatic carbocycles. The normalized spacial score (nSPS) is 17.9. The van der Waals surface area contributed by atoms with Crippen molar-refractivity contribution < 1.29 is 19.4 Å². The first kappa shape index (κ1) is 14.0. The monoisotopic (exact) mass is 265 g/mol. The Morgan fingerprint density at radius 1 is 1.32 bits per heavy atom. The van der Waals surface area contributed by atoms with E-state index in [0.29, 0.717) is 17.9 Å². The lowest BCUT2D eigenvalue weighted by Gasteiger charge is -2.28. The van der Waals surface area contributed by atoms with E-state index >= 15 is 0 Å². The van der Waals surface area contributed by atoms with Crippen LogP contribution in [-0.4, -0.2) is 61.9 Å². The highest BCUT2D eigenvalue weighted by molar-refractivity contribution is 5.74. The van der Waals surface area contributed by atoms with Gasteiger partial charge in [-0.3, -0.25) is 9.69 Å². The fourth-order valence-corrected chi connectivity index (χ4v) is 1.97. The number of ether oxygens (including phenoxy) is 2. The van der Waals surface area contributed by atoms with Gasteiger partial charge in [-0.1, -0.05) is 0 Å². The number of hydrogen-bond acceptors (Lipinski definition) is 5. The Morgan fingerprint density at radius 2 is 2.00 bits per heavy atom. The topological polar surface area (TPSA) is 59.0 Å². The summed E-state index contributed by atoms with van der Waals surface area (Å²) in [6.45, 7) is 3.99. The zero-order valence-electron chi connectivity index (χ0n) is 10.8. The Hall–Kier alpha value is -1.43. The van der Waals surface area contributed by atoms with Crippen molar-refractivity contribution >= 4 is 6.29 Å². The number of rotatable bonds is 6. The molecule has 1 N–H and O–H groups in total. The van der Waals surface area contributed by atoms with Crippen molar-refractivity contribution in [2.45, 2.75) is 6.10 Å². The van der Waals surface area contributed by atoms with Gasteiger partial charge < -0.3 is 14.6 Å². The van der Waals surface area contributed by atoms with E-state index in [1.807, 2.05) is 0 Å². The first-order chi connectivity index (χ1) is 9.28. The number of β-amino-alcohol motifs (C(OH)–C–C–N with tert-alkyl or cyclic N) is 1. The van der Waals surface area contributed by atoms with Crippen LogP contribution in [0.5, 0.6) is 5.75 Å². The molecular formula is C14H19NO4. The van der Waals surface area contributed by atoms with E-state index in [1.165, 1.54) is 0 Å². The molecule has 0 saturated carbocycles. The second kappa shape index (κ2) is 7.23. The number of nitrogens with zero attached hydrogens (tertiary/aromatic N) is 1. The van der Waals surface area contributed by atoms with Crippen LogP contribution in [0.1, 0.15) is 10.4 Å². The van der Waals surface area contributed by atoms with Crippen LogP contribution in [0, 0.1) is 0 Å². The largest absolute Gasteiger partial charge is 0.491 e. The van der Waals surface area contributed by atoms with Crippen molar-refractivity contribution in [2.75, 3.05) is 39.5 Å². The first-order valence-electron chi connectivity index (χ1n) is 6.44. The summed E-state index contributed by atoms with van der Waals surface area (Å²) in [6.07, 6.45) is 0.265. The van der Waals surface area contributed by atoms with Gasteiger partial charge in [-0.25, -0.2) is 0 Å². The van der Waals surface area contributed by atoms with Crippen LogP contribution < -0.4 is 4.74 Å². The average Bonchev–Trinajstić information content (AvgIpc) is 2.47. The molecule has 19 heavy (non-hydrogen) atoms. The molecule has 0 aliphatic carbocycles. The molecule has 5 heteroatoms. The van der Waals surface area contributed by atoms with E-state index in [-0.39, 0.29) is 6.61 Å². The summed E-state index contributed by atoms with van der Waals surface area (Å²) < 4.78 is 10.7. The fraction of sp³-hybridized carbons (Fsp3) is 0.500. The third kappa shape index (κ3) is 4.63. The SMILES string of the molecule is O=Cc1ccc(OCC(O)CN2CCOCC2)cc1. The molecule has 1 saturated heterocycles. The summed E-state index contributed by atoms with van der Waals surface area (Å²) in [5.74, 6) is 0.659. The quantitative estimate of drug-likeness (QED) is 0.762. The summed E-state index contributed by atoms with van der Waals surface area (Å²) in [4.78, 5) is 12.7. The summed E-state index contributed by atoms with van der Waals surface area (Å²) in [5.41, 5.74) is 0.612. The average molecular weight is 265 g/mol. The van der Waals surface area contributed by atoms with Gasteiger partial charge in [0.15, 0.2) is 0 Å². The second-order valence-corrected chi connectivity index (χ2v) is 4.56. The van der Waals surface area contributed by atoms with E-state index in [2.05, 4.69) is 4.90 Å². The molecule has 0 spiro atoms. The molecule has 1 unspecified atom stereocenters. The molecule has 0 amide bonds. The van der Waals surface area contributed by atoms with Gasteiger partial charge in [-0.15, -0.1) is 0 Å². The number of benzene rings is 1. The third-order valence-corrected chi connectivity index (χ3v) is 3.03. The molecule has 1 heterocycles. The third-order valence-electron chi connectivity index (χ3n) is 3.03. The van der Waals surface area contributed by atoms with Crippen molar-refractivity contribution in [1.82, 2.24) is 4.90 Å². The van der Waals surface area contributed by atoms with Crippen LogP contribution in [0.4, 0.5) is 0 Å². The number of morpholine rings is 1. The highest BCUT2D eigenvalue weighted by Gasteiger charge is 2.15. The highest BCUT2D eigenvalue weighted by Crippen LogP contribution is 2.11. The second-order valence-electron chi connectivity index (χ2n) is 4.56. The van der Waals surface area contributed by atoms with Crippen LogP contribution >= 0.6 is 0 Å². The molecule has 2 rings (SSSR count). The fourth-order valence-electron chi connectivity index (χ4n) is 1.97. The van der Waals surface area contributed by atoms with Gasteiger partial charge in [0.1, 0.15) is 24.7 Å². The molecule has 0 bridgehead atoms. The minimum absolute atomic E-state index is 0.248. The number of hydrogen-bond donors (Lipinski definition) is 1. The zero-order chi connectivity index (χ0) is 13.5. The Kier molecular flexibility index (Phi) is 5.32. The van der Waals surface area contributed by atoms with Crippen molar-refractivity contribution in [2.24, 2.45) is 0 Å². The van der Waals surface area contributed by atoms with Gasteiger partial charge in [0.05, 0.1) is 13.2 Å². The number of carbonyl (C=O) groups is 1. The lowest BCUT2D eigenvalue weighted by atomic mass is 10.2. The molecular weight excluding hydrogens is 246 g/mol. The van der Waals surface area contributed by atoms with Crippen molar-refractivity contribution in [3.63, 3.8) is 0 Å².